The molecule has 4 N–H and O–H groups in total. The van der Waals surface area contributed by atoms with Gasteiger partial charge in [0, 0.05) is 31.5 Å². The van der Waals surface area contributed by atoms with Gasteiger partial charge in [-0.25, -0.2) is 5.43 Å². The van der Waals surface area contributed by atoms with Gasteiger partial charge in [-0.05, 0) is 44.0 Å². The topological polar surface area (TPSA) is 112 Å². The molecular weight excluding hydrogens is 396 g/mol. The number of aliphatic hydroxyl groups is 1. The number of aliphatic hydroxyl groups excluding tert-OH is 1. The lowest BCUT2D eigenvalue weighted by molar-refractivity contribution is -0.123. The van der Waals surface area contributed by atoms with Crippen molar-refractivity contribution >= 4 is 29.1 Å². The van der Waals surface area contributed by atoms with Crippen LogP contribution in [-0.2, 0) is 9.59 Å². The number of hydrogen-bond donors (Lipinski definition) is 4. The molecule has 1 aromatic rings. The van der Waals surface area contributed by atoms with Crippen molar-refractivity contribution in [2.24, 2.45) is 5.10 Å². The quantitative estimate of drug-likeness (QED) is 0.455. The third-order valence-corrected chi connectivity index (χ3v) is 4.84. The summed E-state index contributed by atoms with van der Waals surface area (Å²) in [5.74, 6) is 0.0237. The first-order chi connectivity index (χ1) is 13.7. The van der Waals surface area contributed by atoms with Crippen LogP contribution in [0.2, 0.25) is 5.02 Å². The van der Waals surface area contributed by atoms with Crippen LogP contribution < -0.4 is 20.8 Å². The zero-order chi connectivity index (χ0) is 21.4. The van der Waals surface area contributed by atoms with Crippen LogP contribution in [0.3, 0.4) is 0 Å². The van der Waals surface area contributed by atoms with E-state index < -0.39 is 6.10 Å². The van der Waals surface area contributed by atoms with E-state index in [4.69, 9.17) is 16.3 Å². The van der Waals surface area contributed by atoms with Crippen LogP contribution in [0.25, 0.3) is 0 Å². The SMILES string of the molecule is CC[C@@H](O)CNC(C)(C)CNC(=O)COc1ccc(C2=NNC(=O)CC2)cc1Cl. The number of halogens is 1. The third-order valence-electron chi connectivity index (χ3n) is 4.54. The Hall–Kier alpha value is -2.16. The number of hydrazone groups is 1. The van der Waals surface area contributed by atoms with Gasteiger partial charge in [-0.3, -0.25) is 9.59 Å². The van der Waals surface area contributed by atoms with Crippen molar-refractivity contribution in [2.75, 3.05) is 19.7 Å². The Morgan fingerprint density at radius 1 is 1.41 bits per heavy atom. The Balaban J connectivity index is 1.82. The summed E-state index contributed by atoms with van der Waals surface area (Å²) in [6.45, 7) is 6.50. The van der Waals surface area contributed by atoms with Crippen LogP contribution in [0, 0.1) is 0 Å². The molecule has 0 aliphatic carbocycles. The maximum absolute atomic E-state index is 12.1. The molecule has 0 fully saturated rings. The zero-order valence-corrected chi connectivity index (χ0v) is 17.8. The molecule has 8 nitrogen and oxygen atoms in total. The van der Waals surface area contributed by atoms with Crippen molar-refractivity contribution in [3.63, 3.8) is 0 Å². The maximum Gasteiger partial charge on any atom is 0.258 e. The summed E-state index contributed by atoms with van der Waals surface area (Å²) in [5.41, 5.74) is 3.64. The van der Waals surface area contributed by atoms with Gasteiger partial charge in [0.1, 0.15) is 5.75 Å². The maximum atomic E-state index is 12.1. The van der Waals surface area contributed by atoms with Gasteiger partial charge < -0.3 is 20.5 Å². The van der Waals surface area contributed by atoms with Crippen LogP contribution in [0.1, 0.15) is 45.6 Å². The van der Waals surface area contributed by atoms with Crippen LogP contribution in [-0.4, -0.2) is 54.0 Å². The number of carbonyl (C=O) groups is 2. The summed E-state index contributed by atoms with van der Waals surface area (Å²) < 4.78 is 5.52. The second-order valence-corrected chi connectivity index (χ2v) is 8.04. The summed E-state index contributed by atoms with van der Waals surface area (Å²) in [4.78, 5) is 23.3. The minimum Gasteiger partial charge on any atom is -0.482 e. The highest BCUT2D eigenvalue weighted by molar-refractivity contribution is 6.32. The molecule has 2 rings (SSSR count). The molecule has 0 bridgehead atoms. The summed E-state index contributed by atoms with van der Waals surface area (Å²) >= 11 is 6.26. The molecule has 1 aliphatic heterocycles. The minimum absolute atomic E-state index is 0.106. The Morgan fingerprint density at radius 3 is 2.79 bits per heavy atom. The largest absolute Gasteiger partial charge is 0.482 e. The van der Waals surface area contributed by atoms with Gasteiger partial charge in [-0.1, -0.05) is 18.5 Å². The first-order valence-electron chi connectivity index (χ1n) is 9.68. The highest BCUT2D eigenvalue weighted by atomic mass is 35.5. The summed E-state index contributed by atoms with van der Waals surface area (Å²) in [6.07, 6.45) is 1.20. The number of rotatable bonds is 10. The highest BCUT2D eigenvalue weighted by Gasteiger charge is 2.20. The second kappa shape index (κ2) is 10.6. The van der Waals surface area contributed by atoms with E-state index in [9.17, 15) is 14.7 Å². The minimum atomic E-state index is -0.408. The summed E-state index contributed by atoms with van der Waals surface area (Å²) in [7, 11) is 0. The smallest absolute Gasteiger partial charge is 0.258 e. The van der Waals surface area contributed by atoms with Crippen molar-refractivity contribution in [3.05, 3.63) is 28.8 Å². The zero-order valence-electron chi connectivity index (χ0n) is 17.0. The number of hydrogen-bond acceptors (Lipinski definition) is 6. The fraction of sp³-hybridized carbons (Fsp3) is 0.550. The second-order valence-electron chi connectivity index (χ2n) is 7.63. The van der Waals surface area contributed by atoms with Crippen LogP contribution in [0.5, 0.6) is 5.75 Å². The first-order valence-corrected chi connectivity index (χ1v) is 10.1. The lowest BCUT2D eigenvalue weighted by Gasteiger charge is -2.28. The number of carbonyl (C=O) groups excluding carboxylic acids is 2. The van der Waals surface area contributed by atoms with Gasteiger partial charge in [0.05, 0.1) is 16.8 Å². The Kier molecular flexibility index (Phi) is 8.43. The average Bonchev–Trinajstić information content (AvgIpc) is 2.70. The molecule has 0 saturated heterocycles. The van der Waals surface area contributed by atoms with Crippen molar-refractivity contribution in [1.29, 1.82) is 0 Å². The third kappa shape index (κ3) is 7.64. The summed E-state index contributed by atoms with van der Waals surface area (Å²) in [5, 5.41) is 20.1. The fourth-order valence-corrected chi connectivity index (χ4v) is 2.83. The Labute approximate surface area is 176 Å². The molecule has 0 spiro atoms. The van der Waals surface area contributed by atoms with Crippen molar-refractivity contribution in [2.45, 2.75) is 51.7 Å². The molecule has 160 valence electrons. The molecule has 0 saturated carbocycles. The predicted octanol–water partition coefficient (Wildman–Crippen LogP) is 1.59. The van der Waals surface area contributed by atoms with Gasteiger partial charge in [0.15, 0.2) is 6.61 Å². The first kappa shape index (κ1) is 23.1. The Morgan fingerprint density at radius 2 is 2.17 bits per heavy atom. The molecule has 1 aromatic carbocycles. The number of benzene rings is 1. The van der Waals surface area contributed by atoms with Gasteiger partial charge in [-0.15, -0.1) is 0 Å². The molecule has 0 unspecified atom stereocenters. The standard InChI is InChI=1S/C20H29ClN4O4/c1-4-14(26)10-23-20(2,3)12-22-19(28)11-29-17-7-5-13(9-15(17)21)16-6-8-18(27)25-24-16/h5,7,9,14,23,26H,4,6,8,10-12H2,1-3H3,(H,22,28)(H,25,27)/t14-/m1/s1. The Bertz CT molecular complexity index is 767. The number of nitrogens with zero attached hydrogens (tertiary/aromatic N) is 1. The molecule has 2 amide bonds. The number of β-amino-alcohol motifs (C(OH)–C–C–N with tert-alkyl or cyclic N) is 1. The van der Waals surface area contributed by atoms with Crippen molar-refractivity contribution in [1.82, 2.24) is 16.1 Å². The lowest BCUT2D eigenvalue weighted by Crippen LogP contribution is -2.51. The highest BCUT2D eigenvalue weighted by Crippen LogP contribution is 2.26. The van der Waals surface area contributed by atoms with Gasteiger partial charge in [0.2, 0.25) is 5.91 Å². The van der Waals surface area contributed by atoms with Crippen LogP contribution >= 0.6 is 11.6 Å². The van der Waals surface area contributed by atoms with E-state index >= 15 is 0 Å². The number of amides is 2. The van der Waals surface area contributed by atoms with Crippen LogP contribution in [0.4, 0.5) is 0 Å². The molecule has 1 aliphatic rings. The predicted molar refractivity (Wildman–Crippen MR) is 112 cm³/mol. The van der Waals surface area contributed by atoms with E-state index in [2.05, 4.69) is 21.2 Å². The average molecular weight is 425 g/mol. The number of nitrogens with one attached hydrogen (secondary N) is 3. The molecule has 9 heteroatoms. The van der Waals surface area contributed by atoms with E-state index in [1.54, 1.807) is 18.2 Å². The molecule has 1 atom stereocenters. The van der Waals surface area contributed by atoms with E-state index in [1.165, 1.54) is 0 Å². The van der Waals surface area contributed by atoms with E-state index in [1.807, 2.05) is 20.8 Å². The lowest BCUT2D eigenvalue weighted by atomic mass is 10.0. The molecule has 0 radical (unpaired) electrons. The van der Waals surface area contributed by atoms with Crippen LogP contribution in [0.15, 0.2) is 23.3 Å². The van der Waals surface area contributed by atoms with E-state index in [-0.39, 0.29) is 24.0 Å². The summed E-state index contributed by atoms with van der Waals surface area (Å²) in [6, 6.07) is 5.18. The molecule has 29 heavy (non-hydrogen) atoms. The monoisotopic (exact) mass is 424 g/mol. The number of ether oxygens (including phenoxy) is 1. The normalized spacial score (nSPS) is 15.3. The molecular formula is C20H29ClN4O4. The fourth-order valence-electron chi connectivity index (χ4n) is 2.59. The van der Waals surface area contributed by atoms with Gasteiger partial charge >= 0.3 is 0 Å². The van der Waals surface area contributed by atoms with Crippen molar-refractivity contribution < 1.29 is 19.4 Å². The van der Waals surface area contributed by atoms with E-state index in [0.717, 1.165) is 11.3 Å². The molecule has 1 heterocycles. The molecule has 0 aromatic heterocycles. The van der Waals surface area contributed by atoms with E-state index in [0.29, 0.717) is 43.1 Å². The van der Waals surface area contributed by atoms with Gasteiger partial charge in [-0.2, -0.15) is 5.10 Å². The van der Waals surface area contributed by atoms with Crippen molar-refractivity contribution in [3.8, 4) is 5.75 Å². The van der Waals surface area contributed by atoms with Gasteiger partial charge in [0.25, 0.3) is 5.91 Å².